The molecule has 1 aromatic carbocycles. The Kier molecular flexibility index (Phi) is 5.65. The molecule has 0 radical (unpaired) electrons. The van der Waals surface area contributed by atoms with E-state index in [9.17, 15) is 0 Å². The van der Waals surface area contributed by atoms with E-state index in [1.165, 1.54) is 0 Å². The molecule has 2 nitrogen and oxygen atoms in total. The maximum Gasteiger partial charge on any atom is 0.0641 e. The summed E-state index contributed by atoms with van der Waals surface area (Å²) in [4.78, 5) is 0. The van der Waals surface area contributed by atoms with Gasteiger partial charge in [-0.1, -0.05) is 34.8 Å². The minimum absolute atomic E-state index is 0. The van der Waals surface area contributed by atoms with Crippen LogP contribution in [0.4, 0.5) is 0 Å². The molecule has 1 heterocycles. The van der Waals surface area contributed by atoms with Crippen LogP contribution in [0, 0.1) is 0 Å². The Morgan fingerprint density at radius 1 is 1.12 bits per heavy atom. The number of hydrogen-bond donors (Lipinski definition) is 2. The van der Waals surface area contributed by atoms with Crippen LogP contribution in [-0.2, 0) is 0 Å². The van der Waals surface area contributed by atoms with E-state index in [-0.39, 0.29) is 18.4 Å². The third kappa shape index (κ3) is 3.16. The van der Waals surface area contributed by atoms with Gasteiger partial charge in [-0.25, -0.2) is 0 Å². The van der Waals surface area contributed by atoms with Crippen molar-refractivity contribution in [2.24, 2.45) is 0 Å². The van der Waals surface area contributed by atoms with Gasteiger partial charge < -0.3 is 10.6 Å². The minimum Gasteiger partial charge on any atom is -0.314 e. The summed E-state index contributed by atoms with van der Waals surface area (Å²) in [6, 6.07) is 3.70. The quantitative estimate of drug-likeness (QED) is 0.778. The Morgan fingerprint density at radius 2 is 1.88 bits per heavy atom. The zero-order valence-corrected chi connectivity index (χ0v) is 11.5. The lowest BCUT2D eigenvalue weighted by Crippen LogP contribution is -2.42. The van der Waals surface area contributed by atoms with E-state index in [4.69, 9.17) is 34.8 Å². The van der Waals surface area contributed by atoms with Crippen molar-refractivity contribution in [1.29, 1.82) is 0 Å². The van der Waals surface area contributed by atoms with E-state index < -0.39 is 0 Å². The third-order valence-corrected chi connectivity index (χ3v) is 3.47. The van der Waals surface area contributed by atoms with Gasteiger partial charge >= 0.3 is 0 Å². The van der Waals surface area contributed by atoms with Crippen LogP contribution in [0.15, 0.2) is 12.1 Å². The molecule has 2 rings (SSSR count). The molecule has 90 valence electrons. The number of halogens is 4. The van der Waals surface area contributed by atoms with Crippen LogP contribution in [0.3, 0.4) is 0 Å². The molecule has 0 aromatic heterocycles. The molecule has 0 amide bonds. The van der Waals surface area contributed by atoms with Crippen molar-refractivity contribution in [2.45, 2.75) is 6.04 Å². The van der Waals surface area contributed by atoms with Crippen molar-refractivity contribution in [3.8, 4) is 0 Å². The zero-order valence-electron chi connectivity index (χ0n) is 8.40. The minimum atomic E-state index is 0. The highest BCUT2D eigenvalue weighted by atomic mass is 35.5. The molecule has 0 spiro atoms. The number of rotatable bonds is 1. The van der Waals surface area contributed by atoms with E-state index in [2.05, 4.69) is 10.6 Å². The Labute approximate surface area is 116 Å². The highest BCUT2D eigenvalue weighted by molar-refractivity contribution is 6.43. The lowest BCUT2D eigenvalue weighted by atomic mass is 10.1. The summed E-state index contributed by atoms with van der Waals surface area (Å²) in [6.45, 7) is 2.74. The van der Waals surface area contributed by atoms with E-state index in [1.54, 1.807) is 6.07 Å². The van der Waals surface area contributed by atoms with Crippen molar-refractivity contribution in [1.82, 2.24) is 10.6 Å². The first-order valence-corrected chi connectivity index (χ1v) is 5.90. The van der Waals surface area contributed by atoms with Crippen LogP contribution in [0.2, 0.25) is 15.1 Å². The second-order valence-electron chi connectivity index (χ2n) is 3.50. The van der Waals surface area contributed by atoms with E-state index >= 15 is 0 Å². The van der Waals surface area contributed by atoms with E-state index in [0.29, 0.717) is 15.1 Å². The zero-order chi connectivity index (χ0) is 10.8. The van der Waals surface area contributed by atoms with Gasteiger partial charge in [0.25, 0.3) is 0 Å². The number of hydrogen-bond acceptors (Lipinski definition) is 2. The fourth-order valence-corrected chi connectivity index (χ4v) is 2.45. The molecule has 1 atom stereocenters. The van der Waals surface area contributed by atoms with Gasteiger partial charge in [0.1, 0.15) is 0 Å². The molecule has 0 bridgehead atoms. The van der Waals surface area contributed by atoms with Gasteiger partial charge in [0, 0.05) is 30.7 Å². The average Bonchev–Trinajstić information content (AvgIpc) is 2.24. The SMILES string of the molecule is Cl.Clc1cc(Cl)c(Cl)c([C@H]2CNCCN2)c1. The first-order valence-electron chi connectivity index (χ1n) is 4.77. The summed E-state index contributed by atoms with van der Waals surface area (Å²) in [5, 5.41) is 8.37. The summed E-state index contributed by atoms with van der Waals surface area (Å²) < 4.78 is 0. The molecular weight excluding hydrogens is 290 g/mol. The summed E-state index contributed by atoms with van der Waals surface area (Å²) >= 11 is 18.1. The smallest absolute Gasteiger partial charge is 0.0641 e. The predicted molar refractivity (Wildman–Crippen MR) is 72.3 cm³/mol. The first kappa shape index (κ1) is 14.4. The molecule has 6 heteroatoms. The molecule has 1 fully saturated rings. The van der Waals surface area contributed by atoms with Crippen LogP contribution in [0.25, 0.3) is 0 Å². The molecule has 0 saturated carbocycles. The van der Waals surface area contributed by atoms with Crippen LogP contribution in [0.5, 0.6) is 0 Å². The fraction of sp³-hybridized carbons (Fsp3) is 0.400. The van der Waals surface area contributed by atoms with Crippen molar-refractivity contribution in [3.63, 3.8) is 0 Å². The number of piperazine rings is 1. The number of benzene rings is 1. The molecule has 0 aliphatic carbocycles. The maximum atomic E-state index is 6.14. The summed E-state index contributed by atoms with van der Waals surface area (Å²) in [5.41, 5.74) is 0.960. The second-order valence-corrected chi connectivity index (χ2v) is 4.72. The normalized spacial score (nSPS) is 20.3. The summed E-state index contributed by atoms with van der Waals surface area (Å²) in [7, 11) is 0. The van der Waals surface area contributed by atoms with Crippen LogP contribution >= 0.6 is 47.2 Å². The fourth-order valence-electron chi connectivity index (χ4n) is 1.70. The predicted octanol–water partition coefficient (Wildman–Crippen LogP) is 3.30. The van der Waals surface area contributed by atoms with Crippen molar-refractivity contribution in [2.75, 3.05) is 19.6 Å². The lowest BCUT2D eigenvalue weighted by Gasteiger charge is -2.26. The van der Waals surface area contributed by atoms with Crippen LogP contribution < -0.4 is 10.6 Å². The largest absolute Gasteiger partial charge is 0.314 e. The first-order chi connectivity index (χ1) is 7.18. The van der Waals surface area contributed by atoms with Gasteiger partial charge in [-0.15, -0.1) is 12.4 Å². The summed E-state index contributed by atoms with van der Waals surface area (Å²) in [5.74, 6) is 0. The van der Waals surface area contributed by atoms with Crippen molar-refractivity contribution >= 4 is 47.2 Å². The Balaban J connectivity index is 0.00000128. The Hall–Kier alpha value is 0.300. The van der Waals surface area contributed by atoms with E-state index in [0.717, 1.165) is 25.2 Å². The molecule has 2 N–H and O–H groups in total. The summed E-state index contributed by atoms with van der Waals surface area (Å²) in [6.07, 6.45) is 0. The monoisotopic (exact) mass is 300 g/mol. The average molecular weight is 302 g/mol. The number of nitrogens with one attached hydrogen (secondary N) is 2. The van der Waals surface area contributed by atoms with Crippen LogP contribution in [0.1, 0.15) is 11.6 Å². The standard InChI is InChI=1S/C10H11Cl3N2.ClH/c11-6-3-7(10(13)8(12)4-6)9-5-14-1-2-15-9;/h3-4,9,14-15H,1-2,5H2;1H/t9-;/m1./s1. The molecule has 1 saturated heterocycles. The topological polar surface area (TPSA) is 24.1 Å². The molecule has 0 unspecified atom stereocenters. The molecular formula is C10H12Cl4N2. The van der Waals surface area contributed by atoms with Gasteiger partial charge in [-0.3, -0.25) is 0 Å². The second kappa shape index (κ2) is 6.29. The molecule has 1 aliphatic rings. The van der Waals surface area contributed by atoms with Gasteiger partial charge in [-0.05, 0) is 17.7 Å². The van der Waals surface area contributed by atoms with Crippen molar-refractivity contribution in [3.05, 3.63) is 32.8 Å². The lowest BCUT2D eigenvalue weighted by molar-refractivity contribution is 0.430. The Morgan fingerprint density at radius 3 is 2.50 bits per heavy atom. The van der Waals surface area contributed by atoms with E-state index in [1.807, 2.05) is 6.07 Å². The molecule has 1 aromatic rings. The Bertz CT molecular complexity index is 364. The van der Waals surface area contributed by atoms with Crippen molar-refractivity contribution < 1.29 is 0 Å². The van der Waals surface area contributed by atoms with Gasteiger partial charge in [-0.2, -0.15) is 0 Å². The van der Waals surface area contributed by atoms with Crippen LogP contribution in [-0.4, -0.2) is 19.6 Å². The molecule has 16 heavy (non-hydrogen) atoms. The third-order valence-electron chi connectivity index (χ3n) is 2.44. The van der Waals surface area contributed by atoms with Gasteiger partial charge in [0.2, 0.25) is 0 Å². The maximum absolute atomic E-state index is 6.14. The highest BCUT2D eigenvalue weighted by Crippen LogP contribution is 2.33. The highest BCUT2D eigenvalue weighted by Gasteiger charge is 2.19. The van der Waals surface area contributed by atoms with Gasteiger partial charge in [0.15, 0.2) is 0 Å². The molecule has 1 aliphatic heterocycles. The van der Waals surface area contributed by atoms with Gasteiger partial charge in [0.05, 0.1) is 10.0 Å².